The van der Waals surface area contributed by atoms with E-state index in [1.807, 2.05) is 30.3 Å². The number of hydrogen-bond acceptors (Lipinski definition) is 3. The summed E-state index contributed by atoms with van der Waals surface area (Å²) in [5, 5.41) is 0. The van der Waals surface area contributed by atoms with Crippen molar-refractivity contribution in [2.75, 3.05) is 7.11 Å². The van der Waals surface area contributed by atoms with Gasteiger partial charge in [0.25, 0.3) is 5.56 Å². The molecule has 3 aromatic rings. The predicted molar refractivity (Wildman–Crippen MR) is 115 cm³/mol. The first-order valence-electron chi connectivity index (χ1n) is 9.30. The number of aromatic nitrogens is 2. The lowest BCUT2D eigenvalue weighted by atomic mass is 9.84. The third-order valence-electron chi connectivity index (χ3n) is 4.75. The molecule has 4 heteroatoms. The lowest BCUT2D eigenvalue weighted by Gasteiger charge is -2.25. The summed E-state index contributed by atoms with van der Waals surface area (Å²) in [4.78, 5) is 16.2. The van der Waals surface area contributed by atoms with E-state index in [1.54, 1.807) is 24.1 Å². The molecule has 0 aliphatic rings. The van der Waals surface area contributed by atoms with Crippen molar-refractivity contribution in [3.63, 3.8) is 0 Å². The third-order valence-corrected chi connectivity index (χ3v) is 4.75. The molecule has 0 saturated carbocycles. The number of aryl methyl sites for hydroxylation is 1. The van der Waals surface area contributed by atoms with Crippen molar-refractivity contribution in [1.29, 1.82) is 0 Å². The molecule has 0 radical (unpaired) electrons. The van der Waals surface area contributed by atoms with Gasteiger partial charge in [-0.25, -0.2) is 0 Å². The highest BCUT2D eigenvalue weighted by Gasteiger charge is 2.22. The van der Waals surface area contributed by atoms with Gasteiger partial charge in [-0.1, -0.05) is 57.2 Å². The highest BCUT2D eigenvalue weighted by Crippen LogP contribution is 2.37. The zero-order valence-corrected chi connectivity index (χ0v) is 17.1. The minimum absolute atomic E-state index is 0.150. The van der Waals surface area contributed by atoms with E-state index in [1.165, 1.54) is 11.8 Å². The number of hydrogen-bond donors (Lipinski definition) is 0. The Hall–Kier alpha value is -3.14. The van der Waals surface area contributed by atoms with Crippen LogP contribution in [0.4, 0.5) is 0 Å². The number of rotatable bonds is 4. The number of benzene rings is 2. The van der Waals surface area contributed by atoms with E-state index >= 15 is 0 Å². The summed E-state index contributed by atoms with van der Waals surface area (Å²) in [7, 11) is 1.69. The maximum Gasteiger partial charge on any atom is 0.273 e. The van der Waals surface area contributed by atoms with Gasteiger partial charge in [-0.05, 0) is 35.6 Å². The van der Waals surface area contributed by atoms with Gasteiger partial charge in [0, 0.05) is 29.2 Å². The van der Waals surface area contributed by atoms with Crippen molar-refractivity contribution in [3.05, 3.63) is 87.6 Å². The molecule has 0 bridgehead atoms. The standard InChI is InChI=1S/C24H26N2O2/c1-17-8-6-7-9-18(17)10-11-19-14-20(26-13-12-25-16-22(26)27)15-21(23(19)28-5)24(2,3)4/h6-16H,1-5H3/b11-10+. The molecule has 1 heterocycles. The highest BCUT2D eigenvalue weighted by molar-refractivity contribution is 5.76. The van der Waals surface area contributed by atoms with Crippen LogP contribution in [0.5, 0.6) is 5.75 Å². The lowest BCUT2D eigenvalue weighted by molar-refractivity contribution is 0.396. The number of ether oxygens (including phenoxy) is 1. The van der Waals surface area contributed by atoms with E-state index in [0.29, 0.717) is 0 Å². The highest BCUT2D eigenvalue weighted by atomic mass is 16.5. The first kappa shape index (κ1) is 19.6. The zero-order chi connectivity index (χ0) is 20.3. The Balaban J connectivity index is 2.23. The average Bonchev–Trinajstić information content (AvgIpc) is 2.66. The molecule has 0 aliphatic heterocycles. The van der Waals surface area contributed by atoms with Gasteiger partial charge in [-0.15, -0.1) is 0 Å². The summed E-state index contributed by atoms with van der Waals surface area (Å²) >= 11 is 0. The molecule has 0 aliphatic carbocycles. The van der Waals surface area contributed by atoms with Crippen LogP contribution in [0.3, 0.4) is 0 Å². The van der Waals surface area contributed by atoms with Gasteiger partial charge in [0.2, 0.25) is 0 Å². The van der Waals surface area contributed by atoms with E-state index in [9.17, 15) is 4.79 Å². The normalized spacial score (nSPS) is 11.8. The minimum Gasteiger partial charge on any atom is -0.496 e. The van der Waals surface area contributed by atoms with Crippen molar-refractivity contribution in [2.24, 2.45) is 0 Å². The Morgan fingerprint density at radius 2 is 1.79 bits per heavy atom. The Kier molecular flexibility index (Phi) is 5.50. The summed E-state index contributed by atoms with van der Waals surface area (Å²) in [6.07, 6.45) is 8.76. The van der Waals surface area contributed by atoms with Gasteiger partial charge < -0.3 is 4.74 Å². The summed E-state index contributed by atoms with van der Waals surface area (Å²) < 4.78 is 7.40. The van der Waals surface area contributed by atoms with Crippen molar-refractivity contribution < 1.29 is 4.74 Å². The quantitative estimate of drug-likeness (QED) is 0.603. The number of nitrogens with zero attached hydrogens (tertiary/aromatic N) is 2. The topological polar surface area (TPSA) is 44.1 Å². The Bertz CT molecular complexity index is 1070. The molecule has 0 spiro atoms. The summed E-state index contributed by atoms with van der Waals surface area (Å²) in [5.74, 6) is 0.822. The molecule has 2 aromatic carbocycles. The Morgan fingerprint density at radius 1 is 1.07 bits per heavy atom. The lowest BCUT2D eigenvalue weighted by Crippen LogP contribution is -2.19. The van der Waals surface area contributed by atoms with E-state index in [4.69, 9.17) is 4.74 Å². The van der Waals surface area contributed by atoms with E-state index < -0.39 is 0 Å². The second-order valence-corrected chi connectivity index (χ2v) is 7.84. The molecule has 0 saturated heterocycles. The molecule has 0 fully saturated rings. The summed E-state index contributed by atoms with van der Waals surface area (Å²) in [6, 6.07) is 12.2. The third kappa shape index (κ3) is 4.06. The maximum absolute atomic E-state index is 12.3. The molecule has 28 heavy (non-hydrogen) atoms. The molecular formula is C24H26N2O2. The van der Waals surface area contributed by atoms with Crippen molar-refractivity contribution in [2.45, 2.75) is 33.1 Å². The molecular weight excluding hydrogens is 348 g/mol. The van der Waals surface area contributed by atoms with Gasteiger partial charge in [0.1, 0.15) is 5.75 Å². The van der Waals surface area contributed by atoms with Crippen LogP contribution in [0.2, 0.25) is 0 Å². The molecule has 0 atom stereocenters. The van der Waals surface area contributed by atoms with Crippen molar-refractivity contribution >= 4 is 12.2 Å². The van der Waals surface area contributed by atoms with Crippen LogP contribution >= 0.6 is 0 Å². The summed E-state index contributed by atoms with van der Waals surface area (Å²) in [6.45, 7) is 8.50. The van der Waals surface area contributed by atoms with E-state index in [-0.39, 0.29) is 11.0 Å². The van der Waals surface area contributed by atoms with Gasteiger partial charge in [-0.2, -0.15) is 0 Å². The second kappa shape index (κ2) is 7.85. The Morgan fingerprint density at radius 3 is 2.43 bits per heavy atom. The fourth-order valence-corrected chi connectivity index (χ4v) is 3.20. The molecule has 0 amide bonds. The van der Waals surface area contributed by atoms with Gasteiger partial charge in [0.05, 0.1) is 13.3 Å². The van der Waals surface area contributed by atoms with Crippen LogP contribution in [-0.4, -0.2) is 16.7 Å². The van der Waals surface area contributed by atoms with Crippen molar-refractivity contribution in [3.8, 4) is 11.4 Å². The molecule has 0 unspecified atom stereocenters. The fourth-order valence-electron chi connectivity index (χ4n) is 3.20. The molecule has 1 aromatic heterocycles. The molecule has 3 rings (SSSR count). The zero-order valence-electron chi connectivity index (χ0n) is 17.1. The second-order valence-electron chi connectivity index (χ2n) is 7.84. The monoisotopic (exact) mass is 374 g/mol. The van der Waals surface area contributed by atoms with Gasteiger partial charge >= 0.3 is 0 Å². The minimum atomic E-state index is -0.165. The first-order valence-corrected chi connectivity index (χ1v) is 9.30. The Labute approximate surface area is 166 Å². The van der Waals surface area contributed by atoms with Crippen LogP contribution in [0.15, 0.2) is 59.8 Å². The van der Waals surface area contributed by atoms with Crippen LogP contribution in [-0.2, 0) is 5.41 Å². The van der Waals surface area contributed by atoms with Crippen LogP contribution < -0.4 is 10.3 Å². The fraction of sp³-hybridized carbons (Fsp3) is 0.250. The van der Waals surface area contributed by atoms with Crippen molar-refractivity contribution in [1.82, 2.24) is 9.55 Å². The maximum atomic E-state index is 12.3. The SMILES string of the molecule is COc1c(/C=C/c2ccccc2C)cc(-n2ccncc2=O)cc1C(C)(C)C. The van der Waals surface area contributed by atoms with Gasteiger partial charge in [-0.3, -0.25) is 14.3 Å². The molecule has 4 nitrogen and oxygen atoms in total. The summed E-state index contributed by atoms with van der Waals surface area (Å²) in [5.41, 5.74) is 4.80. The van der Waals surface area contributed by atoms with Crippen LogP contribution in [0, 0.1) is 6.92 Å². The average molecular weight is 374 g/mol. The van der Waals surface area contributed by atoms with Crippen LogP contribution in [0.1, 0.15) is 43.0 Å². The van der Waals surface area contributed by atoms with Crippen LogP contribution in [0.25, 0.3) is 17.8 Å². The van der Waals surface area contributed by atoms with E-state index in [0.717, 1.165) is 28.1 Å². The largest absolute Gasteiger partial charge is 0.496 e. The predicted octanol–water partition coefficient (Wildman–Crippen LogP) is 5.02. The smallest absolute Gasteiger partial charge is 0.273 e. The number of methoxy groups -OCH3 is 1. The first-order chi connectivity index (χ1) is 13.3. The molecule has 0 N–H and O–H groups in total. The van der Waals surface area contributed by atoms with E-state index in [2.05, 4.69) is 50.9 Å². The van der Waals surface area contributed by atoms with Gasteiger partial charge in [0.15, 0.2) is 0 Å². The molecule has 144 valence electrons.